The number of ether oxygens (including phenoxy) is 1. The van der Waals surface area contributed by atoms with Crippen molar-refractivity contribution in [2.24, 2.45) is 0 Å². The first kappa shape index (κ1) is 19.8. The van der Waals surface area contributed by atoms with E-state index in [1.165, 1.54) is 36.3 Å². The van der Waals surface area contributed by atoms with E-state index in [9.17, 15) is 14.0 Å². The highest BCUT2D eigenvalue weighted by Gasteiger charge is 2.37. The Balaban J connectivity index is 2.07. The average Bonchev–Trinajstić information content (AvgIpc) is 2.90. The normalized spacial score (nSPS) is 15.5. The molecule has 4 nitrogen and oxygen atoms in total. The standard InChI is InChI=1S/C22H19ClFNO3/c1-13-7-9-15(10-8-13)12-25-14(2)20(22(27)28-3)17(21(25)26)11-16-18(23)5-4-6-19(16)24/h4-11H,12H2,1-3H3/b17-11+. The first-order valence-corrected chi connectivity index (χ1v) is 9.04. The maximum absolute atomic E-state index is 14.2. The molecule has 3 rings (SSSR count). The minimum absolute atomic E-state index is 0.0545. The average molecular weight is 400 g/mol. The first-order chi connectivity index (χ1) is 13.3. The summed E-state index contributed by atoms with van der Waals surface area (Å²) in [5.41, 5.74) is 2.69. The van der Waals surface area contributed by atoms with Gasteiger partial charge in [-0.25, -0.2) is 9.18 Å². The number of amides is 1. The second-order valence-electron chi connectivity index (χ2n) is 6.52. The molecule has 0 fully saturated rings. The van der Waals surface area contributed by atoms with Gasteiger partial charge in [0.2, 0.25) is 0 Å². The Morgan fingerprint density at radius 1 is 1.18 bits per heavy atom. The van der Waals surface area contributed by atoms with Crippen LogP contribution >= 0.6 is 11.6 Å². The quantitative estimate of drug-likeness (QED) is 0.555. The van der Waals surface area contributed by atoms with Gasteiger partial charge in [-0.15, -0.1) is 0 Å². The van der Waals surface area contributed by atoms with Gasteiger partial charge in [-0.1, -0.05) is 47.5 Å². The topological polar surface area (TPSA) is 46.6 Å². The molecule has 1 aliphatic rings. The summed E-state index contributed by atoms with van der Waals surface area (Å²) < 4.78 is 19.1. The molecule has 0 atom stereocenters. The van der Waals surface area contributed by atoms with E-state index in [0.717, 1.165) is 11.1 Å². The van der Waals surface area contributed by atoms with Crippen LogP contribution in [-0.2, 0) is 20.9 Å². The number of esters is 1. The second kappa shape index (κ2) is 7.98. The summed E-state index contributed by atoms with van der Waals surface area (Å²) in [6.07, 6.45) is 1.31. The fourth-order valence-corrected chi connectivity index (χ4v) is 3.31. The fraction of sp³-hybridized carbons (Fsp3) is 0.182. The molecular weight excluding hydrogens is 381 g/mol. The molecule has 144 valence electrons. The number of benzene rings is 2. The molecule has 28 heavy (non-hydrogen) atoms. The zero-order valence-corrected chi connectivity index (χ0v) is 16.5. The summed E-state index contributed by atoms with van der Waals surface area (Å²) >= 11 is 6.09. The third kappa shape index (κ3) is 3.71. The molecular formula is C22H19ClFNO3. The molecule has 1 aliphatic heterocycles. The van der Waals surface area contributed by atoms with Crippen molar-refractivity contribution in [3.05, 3.63) is 86.8 Å². The molecule has 0 aromatic heterocycles. The number of hydrogen-bond acceptors (Lipinski definition) is 3. The summed E-state index contributed by atoms with van der Waals surface area (Å²) in [6.45, 7) is 3.93. The summed E-state index contributed by atoms with van der Waals surface area (Å²) in [5, 5.41) is 0.152. The van der Waals surface area contributed by atoms with Crippen LogP contribution in [0.15, 0.2) is 59.3 Å². The predicted octanol–water partition coefficient (Wildman–Crippen LogP) is 4.66. The van der Waals surface area contributed by atoms with Crippen molar-refractivity contribution < 1.29 is 18.7 Å². The summed E-state index contributed by atoms with van der Waals surface area (Å²) in [4.78, 5) is 26.9. The number of allylic oxidation sites excluding steroid dienone is 1. The molecule has 0 unspecified atom stereocenters. The number of carbonyl (C=O) groups is 2. The number of carbonyl (C=O) groups excluding carboxylic acids is 2. The Kier molecular flexibility index (Phi) is 5.66. The van der Waals surface area contributed by atoms with Crippen LogP contribution in [-0.4, -0.2) is 23.9 Å². The molecule has 1 amide bonds. The second-order valence-corrected chi connectivity index (χ2v) is 6.93. The Bertz CT molecular complexity index is 989. The Morgan fingerprint density at radius 2 is 1.86 bits per heavy atom. The van der Waals surface area contributed by atoms with Crippen LogP contribution < -0.4 is 0 Å². The van der Waals surface area contributed by atoms with Crippen molar-refractivity contribution in [3.8, 4) is 0 Å². The Labute approximate surface area is 167 Å². The third-order valence-electron chi connectivity index (χ3n) is 4.65. The maximum atomic E-state index is 14.2. The predicted molar refractivity (Wildman–Crippen MR) is 106 cm³/mol. The SMILES string of the molecule is COC(=O)C1=C(C)N(Cc2ccc(C)cc2)C(=O)/C1=C/c1c(F)cccc1Cl. The van der Waals surface area contributed by atoms with Crippen molar-refractivity contribution in [2.75, 3.05) is 7.11 Å². The van der Waals surface area contributed by atoms with Gasteiger partial charge in [0.25, 0.3) is 5.91 Å². The van der Waals surface area contributed by atoms with Gasteiger partial charge in [-0.3, -0.25) is 4.79 Å². The molecule has 6 heteroatoms. The molecule has 2 aromatic carbocycles. The minimum Gasteiger partial charge on any atom is -0.465 e. The fourth-order valence-electron chi connectivity index (χ4n) is 3.09. The molecule has 0 aliphatic carbocycles. The molecule has 0 spiro atoms. The van der Waals surface area contributed by atoms with Gasteiger partial charge in [-0.05, 0) is 37.6 Å². The van der Waals surface area contributed by atoms with Crippen molar-refractivity contribution in [3.63, 3.8) is 0 Å². The minimum atomic E-state index is -0.657. The number of aryl methyl sites for hydroxylation is 1. The number of hydrogen-bond donors (Lipinski definition) is 0. The van der Waals surface area contributed by atoms with Gasteiger partial charge < -0.3 is 9.64 Å². The zero-order chi connectivity index (χ0) is 20.4. The van der Waals surface area contributed by atoms with Gasteiger partial charge >= 0.3 is 5.97 Å². The van der Waals surface area contributed by atoms with E-state index in [-0.39, 0.29) is 28.3 Å². The molecule has 1 heterocycles. The number of methoxy groups -OCH3 is 1. The van der Waals surface area contributed by atoms with Gasteiger partial charge in [-0.2, -0.15) is 0 Å². The van der Waals surface area contributed by atoms with E-state index in [1.807, 2.05) is 31.2 Å². The summed E-state index contributed by atoms with van der Waals surface area (Å²) in [5.74, 6) is -1.64. The first-order valence-electron chi connectivity index (χ1n) is 8.66. The highest BCUT2D eigenvalue weighted by atomic mass is 35.5. The van der Waals surface area contributed by atoms with Gasteiger partial charge in [0.15, 0.2) is 0 Å². The highest BCUT2D eigenvalue weighted by Crippen LogP contribution is 2.34. The van der Waals surface area contributed by atoms with Crippen molar-refractivity contribution in [2.45, 2.75) is 20.4 Å². The lowest BCUT2D eigenvalue weighted by atomic mass is 10.0. The number of nitrogens with zero attached hydrogens (tertiary/aromatic N) is 1. The Hall–Kier alpha value is -2.92. The lowest BCUT2D eigenvalue weighted by Crippen LogP contribution is -2.24. The number of halogens is 2. The van der Waals surface area contributed by atoms with Crippen LogP contribution in [0.4, 0.5) is 4.39 Å². The number of rotatable bonds is 4. The van der Waals surface area contributed by atoms with Crippen LogP contribution in [0.2, 0.25) is 5.02 Å². The molecule has 2 aromatic rings. The summed E-state index contributed by atoms with van der Waals surface area (Å²) in [6, 6.07) is 12.0. The van der Waals surface area contributed by atoms with E-state index in [4.69, 9.17) is 16.3 Å². The molecule has 0 bridgehead atoms. The molecule has 0 saturated heterocycles. The lowest BCUT2D eigenvalue weighted by Gasteiger charge is -2.18. The summed E-state index contributed by atoms with van der Waals surface area (Å²) in [7, 11) is 1.24. The third-order valence-corrected chi connectivity index (χ3v) is 4.98. The molecule has 0 saturated carbocycles. The largest absolute Gasteiger partial charge is 0.465 e. The van der Waals surface area contributed by atoms with E-state index >= 15 is 0 Å². The molecule has 0 N–H and O–H groups in total. The molecule has 0 radical (unpaired) electrons. The van der Waals surface area contributed by atoms with Crippen LogP contribution in [0.25, 0.3) is 6.08 Å². The van der Waals surface area contributed by atoms with E-state index in [1.54, 1.807) is 6.92 Å². The van der Waals surface area contributed by atoms with Crippen molar-refractivity contribution >= 4 is 29.6 Å². The maximum Gasteiger partial charge on any atom is 0.340 e. The van der Waals surface area contributed by atoms with Gasteiger partial charge in [0.1, 0.15) is 5.82 Å². The van der Waals surface area contributed by atoms with Gasteiger partial charge in [0, 0.05) is 11.3 Å². The van der Waals surface area contributed by atoms with E-state index in [0.29, 0.717) is 5.70 Å². The van der Waals surface area contributed by atoms with Crippen molar-refractivity contribution in [1.29, 1.82) is 0 Å². The smallest absolute Gasteiger partial charge is 0.340 e. The Morgan fingerprint density at radius 3 is 2.46 bits per heavy atom. The van der Waals surface area contributed by atoms with Crippen LogP contribution in [0.3, 0.4) is 0 Å². The van der Waals surface area contributed by atoms with E-state index in [2.05, 4.69) is 0 Å². The monoisotopic (exact) mass is 399 g/mol. The van der Waals surface area contributed by atoms with Crippen LogP contribution in [0.1, 0.15) is 23.6 Å². The van der Waals surface area contributed by atoms with Crippen LogP contribution in [0.5, 0.6) is 0 Å². The zero-order valence-electron chi connectivity index (χ0n) is 15.8. The van der Waals surface area contributed by atoms with Gasteiger partial charge in [0.05, 0.1) is 29.8 Å². The van der Waals surface area contributed by atoms with E-state index < -0.39 is 17.7 Å². The lowest BCUT2D eigenvalue weighted by molar-refractivity contribution is -0.136. The van der Waals surface area contributed by atoms with Crippen molar-refractivity contribution in [1.82, 2.24) is 4.90 Å². The van der Waals surface area contributed by atoms with Crippen LogP contribution in [0, 0.1) is 12.7 Å². The highest BCUT2D eigenvalue weighted by molar-refractivity contribution is 6.32.